The zero-order valence-electron chi connectivity index (χ0n) is 10.2. The molecule has 5 nitrogen and oxygen atoms in total. The fourth-order valence-corrected chi connectivity index (χ4v) is 2.30. The maximum Gasteiger partial charge on any atom is 0.0895 e. The summed E-state index contributed by atoms with van der Waals surface area (Å²) in [5.74, 6) is 0. The van der Waals surface area contributed by atoms with Gasteiger partial charge >= 0.3 is 0 Å². The number of hydrogen-bond acceptors (Lipinski definition) is 4. The van der Waals surface area contributed by atoms with Crippen LogP contribution < -0.4 is 5.73 Å². The van der Waals surface area contributed by atoms with Gasteiger partial charge in [0.25, 0.3) is 0 Å². The first-order chi connectivity index (χ1) is 7.65. The third-order valence-electron chi connectivity index (χ3n) is 3.43. The Balaban J connectivity index is 2.31. The van der Waals surface area contributed by atoms with E-state index in [1.165, 1.54) is 11.3 Å². The van der Waals surface area contributed by atoms with Gasteiger partial charge in [0.05, 0.1) is 24.9 Å². The van der Waals surface area contributed by atoms with Gasteiger partial charge in [-0.15, -0.1) is 0 Å². The second kappa shape index (κ2) is 4.53. The highest BCUT2D eigenvalue weighted by atomic mass is 16.5. The molecule has 0 spiro atoms. The van der Waals surface area contributed by atoms with Crippen LogP contribution in [0.3, 0.4) is 0 Å². The summed E-state index contributed by atoms with van der Waals surface area (Å²) in [6, 6.07) is 0.229. The largest absolute Gasteiger partial charge is 0.374 e. The average Bonchev–Trinajstić information content (AvgIpc) is 2.60. The average molecular weight is 224 g/mol. The molecule has 1 aliphatic rings. The highest BCUT2D eigenvalue weighted by Gasteiger charge is 2.32. The number of aryl methyl sites for hydroxylation is 1. The number of hydrogen-bond donors (Lipinski definition) is 1. The van der Waals surface area contributed by atoms with Crippen molar-refractivity contribution >= 4 is 0 Å². The number of nitrogens with zero attached hydrogens (tertiary/aromatic N) is 3. The topological polar surface area (TPSA) is 56.3 Å². The Labute approximate surface area is 96.2 Å². The van der Waals surface area contributed by atoms with Gasteiger partial charge in [-0.05, 0) is 14.0 Å². The van der Waals surface area contributed by atoms with Gasteiger partial charge in [0.1, 0.15) is 0 Å². The molecule has 1 aromatic rings. The van der Waals surface area contributed by atoms with Crippen molar-refractivity contribution in [2.45, 2.75) is 19.1 Å². The number of nitrogens with two attached hydrogens (primary N) is 1. The Kier molecular flexibility index (Phi) is 3.28. The summed E-state index contributed by atoms with van der Waals surface area (Å²) >= 11 is 0. The van der Waals surface area contributed by atoms with Gasteiger partial charge < -0.3 is 10.5 Å². The molecule has 0 radical (unpaired) electrons. The highest BCUT2D eigenvalue weighted by Crippen LogP contribution is 2.29. The predicted octanol–water partition coefficient (Wildman–Crippen LogP) is 0.0589. The smallest absolute Gasteiger partial charge is 0.0895 e. The standard InChI is InChI=1S/C11H20N4O/c1-8-9(7-13-15(8)3)11-10(6-12)16-5-4-14(11)2/h7,10-11H,4-6,12H2,1-3H3. The molecule has 1 fully saturated rings. The van der Waals surface area contributed by atoms with Crippen molar-refractivity contribution in [3.63, 3.8) is 0 Å². The monoisotopic (exact) mass is 224 g/mol. The van der Waals surface area contributed by atoms with E-state index in [1.807, 2.05) is 17.9 Å². The molecule has 2 atom stereocenters. The summed E-state index contributed by atoms with van der Waals surface area (Å²) in [4.78, 5) is 2.30. The van der Waals surface area contributed by atoms with Crippen LogP contribution in [-0.4, -0.2) is 47.5 Å². The van der Waals surface area contributed by atoms with Crippen molar-refractivity contribution in [3.8, 4) is 0 Å². The second-order valence-corrected chi connectivity index (χ2v) is 4.38. The number of aromatic nitrogens is 2. The first-order valence-electron chi connectivity index (χ1n) is 5.65. The predicted molar refractivity (Wildman–Crippen MR) is 62.1 cm³/mol. The Morgan fingerprint density at radius 1 is 1.56 bits per heavy atom. The zero-order valence-corrected chi connectivity index (χ0v) is 10.2. The van der Waals surface area contributed by atoms with Gasteiger partial charge in [0.15, 0.2) is 0 Å². The molecule has 90 valence electrons. The minimum atomic E-state index is 0.0710. The third kappa shape index (κ3) is 1.86. The summed E-state index contributed by atoms with van der Waals surface area (Å²) in [5, 5.41) is 4.29. The normalized spacial score (nSPS) is 27.2. The molecule has 0 aromatic carbocycles. The van der Waals surface area contributed by atoms with E-state index in [2.05, 4.69) is 24.0 Å². The molecule has 1 saturated heterocycles. The quantitative estimate of drug-likeness (QED) is 0.771. The van der Waals surface area contributed by atoms with Crippen molar-refractivity contribution in [3.05, 3.63) is 17.5 Å². The maximum absolute atomic E-state index is 5.77. The molecular weight excluding hydrogens is 204 g/mol. The van der Waals surface area contributed by atoms with Crippen LogP contribution in [0.15, 0.2) is 6.20 Å². The van der Waals surface area contributed by atoms with Crippen molar-refractivity contribution in [1.82, 2.24) is 14.7 Å². The molecule has 2 N–H and O–H groups in total. The van der Waals surface area contributed by atoms with Crippen LogP contribution in [-0.2, 0) is 11.8 Å². The van der Waals surface area contributed by atoms with Crippen LogP contribution in [0.5, 0.6) is 0 Å². The summed E-state index contributed by atoms with van der Waals surface area (Å²) in [6.07, 6.45) is 2.00. The highest BCUT2D eigenvalue weighted by molar-refractivity contribution is 5.22. The lowest BCUT2D eigenvalue weighted by molar-refractivity contribution is -0.0578. The number of ether oxygens (including phenoxy) is 1. The van der Waals surface area contributed by atoms with Gasteiger partial charge in [0, 0.05) is 31.4 Å². The molecular formula is C11H20N4O. The fraction of sp³-hybridized carbons (Fsp3) is 0.727. The molecule has 0 saturated carbocycles. The Morgan fingerprint density at radius 2 is 2.31 bits per heavy atom. The van der Waals surface area contributed by atoms with Gasteiger partial charge in [-0.2, -0.15) is 5.10 Å². The molecule has 16 heavy (non-hydrogen) atoms. The lowest BCUT2D eigenvalue weighted by Crippen LogP contribution is -2.46. The van der Waals surface area contributed by atoms with E-state index in [1.54, 1.807) is 0 Å². The van der Waals surface area contributed by atoms with Crippen LogP contribution in [0.4, 0.5) is 0 Å². The Bertz CT molecular complexity index is 363. The van der Waals surface area contributed by atoms with Gasteiger partial charge in [-0.25, -0.2) is 0 Å². The SMILES string of the molecule is Cc1c(C2C(CN)OCCN2C)cnn1C. The van der Waals surface area contributed by atoms with E-state index in [0.717, 1.165) is 13.2 Å². The van der Waals surface area contributed by atoms with Crippen molar-refractivity contribution in [2.24, 2.45) is 12.8 Å². The molecule has 2 rings (SSSR count). The lowest BCUT2D eigenvalue weighted by atomic mass is 9.99. The van der Waals surface area contributed by atoms with E-state index >= 15 is 0 Å². The molecule has 0 bridgehead atoms. The Morgan fingerprint density at radius 3 is 2.88 bits per heavy atom. The first kappa shape index (κ1) is 11.6. The zero-order chi connectivity index (χ0) is 11.7. The summed E-state index contributed by atoms with van der Waals surface area (Å²) in [7, 11) is 4.07. The minimum Gasteiger partial charge on any atom is -0.374 e. The summed E-state index contributed by atoms with van der Waals surface area (Å²) in [6.45, 7) is 4.32. The van der Waals surface area contributed by atoms with E-state index in [0.29, 0.717) is 6.54 Å². The number of rotatable bonds is 2. The van der Waals surface area contributed by atoms with Crippen LogP contribution in [0, 0.1) is 6.92 Å². The van der Waals surface area contributed by atoms with Gasteiger partial charge in [0.2, 0.25) is 0 Å². The molecule has 5 heteroatoms. The van der Waals surface area contributed by atoms with E-state index in [4.69, 9.17) is 10.5 Å². The summed E-state index contributed by atoms with van der Waals surface area (Å²) < 4.78 is 7.62. The van der Waals surface area contributed by atoms with Crippen molar-refractivity contribution in [1.29, 1.82) is 0 Å². The van der Waals surface area contributed by atoms with Crippen LogP contribution >= 0.6 is 0 Å². The molecule has 0 aliphatic carbocycles. The van der Waals surface area contributed by atoms with Crippen molar-refractivity contribution in [2.75, 3.05) is 26.7 Å². The van der Waals surface area contributed by atoms with Crippen LogP contribution in [0.25, 0.3) is 0 Å². The Hall–Kier alpha value is -0.910. The van der Waals surface area contributed by atoms with E-state index < -0.39 is 0 Å². The first-order valence-corrected chi connectivity index (χ1v) is 5.65. The van der Waals surface area contributed by atoms with E-state index in [-0.39, 0.29) is 12.1 Å². The summed E-state index contributed by atoms with van der Waals surface area (Å²) in [5.41, 5.74) is 8.17. The fourth-order valence-electron chi connectivity index (χ4n) is 2.30. The van der Waals surface area contributed by atoms with Gasteiger partial charge in [-0.1, -0.05) is 0 Å². The second-order valence-electron chi connectivity index (χ2n) is 4.38. The van der Waals surface area contributed by atoms with Crippen LogP contribution in [0.2, 0.25) is 0 Å². The molecule has 1 aromatic heterocycles. The number of likely N-dealkylation sites (N-methyl/N-ethyl adjacent to an activating group) is 1. The number of morpholine rings is 1. The van der Waals surface area contributed by atoms with Crippen molar-refractivity contribution < 1.29 is 4.74 Å². The molecule has 1 aliphatic heterocycles. The lowest BCUT2D eigenvalue weighted by Gasteiger charge is -2.38. The molecule has 0 amide bonds. The van der Waals surface area contributed by atoms with E-state index in [9.17, 15) is 0 Å². The van der Waals surface area contributed by atoms with Crippen LogP contribution in [0.1, 0.15) is 17.3 Å². The third-order valence-corrected chi connectivity index (χ3v) is 3.43. The molecule has 2 heterocycles. The molecule has 2 unspecified atom stereocenters. The maximum atomic E-state index is 5.77. The minimum absolute atomic E-state index is 0.0710. The van der Waals surface area contributed by atoms with Gasteiger partial charge in [-0.3, -0.25) is 9.58 Å².